The number of aromatic nitrogens is 2. The van der Waals surface area contributed by atoms with Gasteiger partial charge in [-0.05, 0) is 31.5 Å². The van der Waals surface area contributed by atoms with Crippen molar-refractivity contribution >= 4 is 5.91 Å². The SMILES string of the molecule is CCNC(=O)[C@@H]1CN(Cc2cnc(Oc3ccc(C)cc3F)cn2)CCO1. The standard InChI is InChI=1S/C19H23FN4O3/c1-3-21-19(25)17-12-24(6-7-26-17)11-14-9-23-18(10-22-14)27-16-5-4-13(2)8-15(16)20/h4-5,8-10,17H,3,6-7,11-12H2,1-2H3,(H,21,25)/t17-/m0/s1. The predicted molar refractivity (Wildman–Crippen MR) is 96.9 cm³/mol. The van der Waals surface area contributed by atoms with Crippen molar-refractivity contribution in [2.45, 2.75) is 26.5 Å². The number of carbonyl (C=O) groups is 1. The Balaban J connectivity index is 1.58. The van der Waals surface area contributed by atoms with E-state index in [2.05, 4.69) is 20.2 Å². The second-order valence-electron chi connectivity index (χ2n) is 6.37. The zero-order valence-electron chi connectivity index (χ0n) is 15.4. The van der Waals surface area contributed by atoms with E-state index in [9.17, 15) is 9.18 Å². The fourth-order valence-electron chi connectivity index (χ4n) is 2.80. The predicted octanol–water partition coefficient (Wildman–Crippen LogP) is 2.05. The van der Waals surface area contributed by atoms with Gasteiger partial charge in [0.25, 0.3) is 0 Å². The molecule has 1 atom stereocenters. The molecule has 2 heterocycles. The Morgan fingerprint density at radius 2 is 2.26 bits per heavy atom. The number of benzene rings is 1. The van der Waals surface area contributed by atoms with Crippen LogP contribution in [-0.2, 0) is 16.1 Å². The number of carbonyl (C=O) groups excluding carboxylic acids is 1. The number of halogens is 1. The van der Waals surface area contributed by atoms with Crippen molar-refractivity contribution < 1.29 is 18.7 Å². The van der Waals surface area contributed by atoms with E-state index >= 15 is 0 Å². The highest BCUT2D eigenvalue weighted by atomic mass is 19.1. The van der Waals surface area contributed by atoms with Crippen LogP contribution in [0.1, 0.15) is 18.2 Å². The molecular formula is C19H23FN4O3. The summed E-state index contributed by atoms with van der Waals surface area (Å²) in [5.74, 6) is -0.202. The first-order valence-electron chi connectivity index (χ1n) is 8.91. The number of hydrogen-bond acceptors (Lipinski definition) is 6. The molecule has 0 saturated carbocycles. The quantitative estimate of drug-likeness (QED) is 0.834. The number of nitrogens with zero attached hydrogens (tertiary/aromatic N) is 3. The van der Waals surface area contributed by atoms with Crippen LogP contribution in [-0.4, -0.2) is 53.1 Å². The van der Waals surface area contributed by atoms with Gasteiger partial charge in [-0.3, -0.25) is 14.7 Å². The van der Waals surface area contributed by atoms with Crippen molar-refractivity contribution in [2.24, 2.45) is 0 Å². The van der Waals surface area contributed by atoms with Crippen LogP contribution in [0.2, 0.25) is 0 Å². The molecule has 1 aromatic carbocycles. The summed E-state index contributed by atoms with van der Waals surface area (Å²) in [5, 5.41) is 2.77. The van der Waals surface area contributed by atoms with E-state index in [1.165, 1.54) is 12.3 Å². The molecule has 0 bridgehead atoms. The summed E-state index contributed by atoms with van der Waals surface area (Å²) in [7, 11) is 0. The number of likely N-dealkylation sites (N-methyl/N-ethyl adjacent to an activating group) is 1. The average molecular weight is 374 g/mol. The number of rotatable bonds is 6. The Kier molecular flexibility index (Phi) is 6.31. The Labute approximate surface area is 157 Å². The Bertz CT molecular complexity index is 785. The monoisotopic (exact) mass is 374 g/mol. The topological polar surface area (TPSA) is 76.6 Å². The summed E-state index contributed by atoms with van der Waals surface area (Å²) >= 11 is 0. The molecule has 1 saturated heterocycles. The van der Waals surface area contributed by atoms with Crippen LogP contribution in [0.5, 0.6) is 11.6 Å². The summed E-state index contributed by atoms with van der Waals surface area (Å²) in [4.78, 5) is 22.5. The van der Waals surface area contributed by atoms with Crippen molar-refractivity contribution in [3.05, 3.63) is 47.7 Å². The Morgan fingerprint density at radius 3 is 2.96 bits per heavy atom. The molecule has 1 aliphatic rings. The van der Waals surface area contributed by atoms with E-state index in [1.54, 1.807) is 18.3 Å². The summed E-state index contributed by atoms with van der Waals surface area (Å²) in [5.41, 5.74) is 1.56. The van der Waals surface area contributed by atoms with E-state index < -0.39 is 11.9 Å². The number of morpholine rings is 1. The largest absolute Gasteiger partial charge is 0.434 e. The molecule has 144 valence electrons. The molecule has 0 aliphatic carbocycles. The third-order valence-corrected chi connectivity index (χ3v) is 4.16. The van der Waals surface area contributed by atoms with E-state index in [4.69, 9.17) is 9.47 Å². The highest BCUT2D eigenvalue weighted by Gasteiger charge is 2.26. The smallest absolute Gasteiger partial charge is 0.250 e. The molecule has 1 aliphatic heterocycles. The summed E-state index contributed by atoms with van der Waals surface area (Å²) in [6, 6.07) is 4.74. The molecule has 0 radical (unpaired) electrons. The second kappa shape index (κ2) is 8.88. The summed E-state index contributed by atoms with van der Waals surface area (Å²) in [6.07, 6.45) is 2.59. The van der Waals surface area contributed by atoms with Crippen molar-refractivity contribution in [3.8, 4) is 11.6 Å². The normalized spacial score (nSPS) is 17.5. The lowest BCUT2D eigenvalue weighted by atomic mass is 10.2. The first kappa shape index (κ1) is 19.2. The number of ether oxygens (including phenoxy) is 2. The van der Waals surface area contributed by atoms with Gasteiger partial charge in [0.15, 0.2) is 11.6 Å². The van der Waals surface area contributed by atoms with Gasteiger partial charge in [0.1, 0.15) is 6.10 Å². The van der Waals surface area contributed by atoms with E-state index in [1.807, 2.05) is 13.8 Å². The zero-order valence-corrected chi connectivity index (χ0v) is 15.4. The summed E-state index contributed by atoms with van der Waals surface area (Å²) in [6.45, 7) is 6.51. The zero-order chi connectivity index (χ0) is 19.2. The third kappa shape index (κ3) is 5.21. The third-order valence-electron chi connectivity index (χ3n) is 4.16. The number of nitrogens with one attached hydrogen (secondary N) is 1. The van der Waals surface area contributed by atoms with Gasteiger partial charge in [-0.1, -0.05) is 6.07 Å². The molecule has 27 heavy (non-hydrogen) atoms. The van der Waals surface area contributed by atoms with E-state index in [0.29, 0.717) is 32.8 Å². The minimum absolute atomic E-state index is 0.0999. The lowest BCUT2D eigenvalue weighted by molar-refractivity contribution is -0.138. The van der Waals surface area contributed by atoms with Crippen molar-refractivity contribution in [1.29, 1.82) is 0 Å². The van der Waals surface area contributed by atoms with Gasteiger partial charge in [-0.2, -0.15) is 0 Å². The van der Waals surface area contributed by atoms with Crippen LogP contribution < -0.4 is 10.1 Å². The molecular weight excluding hydrogens is 351 g/mol. The molecule has 1 amide bonds. The Morgan fingerprint density at radius 1 is 1.41 bits per heavy atom. The van der Waals surface area contributed by atoms with Gasteiger partial charge in [0, 0.05) is 26.2 Å². The highest BCUT2D eigenvalue weighted by molar-refractivity contribution is 5.81. The van der Waals surface area contributed by atoms with Crippen molar-refractivity contribution in [1.82, 2.24) is 20.2 Å². The van der Waals surface area contributed by atoms with Crippen LogP contribution in [0.25, 0.3) is 0 Å². The lowest BCUT2D eigenvalue weighted by Crippen LogP contribution is -2.49. The van der Waals surface area contributed by atoms with Crippen LogP contribution in [0.3, 0.4) is 0 Å². The highest BCUT2D eigenvalue weighted by Crippen LogP contribution is 2.23. The maximum atomic E-state index is 13.9. The molecule has 8 heteroatoms. The molecule has 7 nitrogen and oxygen atoms in total. The van der Waals surface area contributed by atoms with Gasteiger partial charge in [-0.25, -0.2) is 9.37 Å². The van der Waals surface area contributed by atoms with Crippen LogP contribution in [0, 0.1) is 12.7 Å². The lowest BCUT2D eigenvalue weighted by Gasteiger charge is -2.31. The Hall–Kier alpha value is -2.58. The molecule has 1 N–H and O–H groups in total. The minimum Gasteiger partial charge on any atom is -0.434 e. The number of hydrogen-bond donors (Lipinski definition) is 1. The van der Waals surface area contributed by atoms with Crippen LogP contribution in [0.4, 0.5) is 4.39 Å². The maximum Gasteiger partial charge on any atom is 0.250 e. The van der Waals surface area contributed by atoms with Crippen LogP contribution >= 0.6 is 0 Å². The average Bonchev–Trinajstić information content (AvgIpc) is 2.66. The minimum atomic E-state index is -0.473. The van der Waals surface area contributed by atoms with Crippen molar-refractivity contribution in [2.75, 3.05) is 26.2 Å². The molecule has 3 rings (SSSR count). The second-order valence-corrected chi connectivity index (χ2v) is 6.37. The first-order chi connectivity index (χ1) is 13.0. The van der Waals surface area contributed by atoms with Crippen molar-refractivity contribution in [3.63, 3.8) is 0 Å². The number of aryl methyl sites for hydroxylation is 1. The van der Waals surface area contributed by atoms with Gasteiger partial charge in [0.05, 0.1) is 24.7 Å². The number of amides is 1. The molecule has 2 aromatic rings. The van der Waals surface area contributed by atoms with Crippen LogP contribution in [0.15, 0.2) is 30.6 Å². The van der Waals surface area contributed by atoms with Gasteiger partial charge < -0.3 is 14.8 Å². The van der Waals surface area contributed by atoms with Gasteiger partial charge in [0.2, 0.25) is 11.8 Å². The summed E-state index contributed by atoms with van der Waals surface area (Å²) < 4.78 is 24.8. The molecule has 1 fully saturated rings. The van der Waals surface area contributed by atoms with Gasteiger partial charge >= 0.3 is 0 Å². The fourth-order valence-corrected chi connectivity index (χ4v) is 2.80. The first-order valence-corrected chi connectivity index (χ1v) is 8.91. The van der Waals surface area contributed by atoms with E-state index in [-0.39, 0.29) is 17.5 Å². The van der Waals surface area contributed by atoms with Gasteiger partial charge in [-0.15, -0.1) is 0 Å². The molecule has 1 aromatic heterocycles. The fraction of sp³-hybridized carbons (Fsp3) is 0.421. The molecule has 0 spiro atoms. The maximum absolute atomic E-state index is 13.9. The molecule has 0 unspecified atom stereocenters. The van der Waals surface area contributed by atoms with E-state index in [0.717, 1.165) is 11.3 Å².